The Morgan fingerprint density at radius 3 is 2.74 bits per heavy atom. The van der Waals surface area contributed by atoms with Gasteiger partial charge in [0.1, 0.15) is 5.65 Å². The Kier molecular flexibility index (Phi) is 5.27. The molecule has 126 valence electrons. The number of fused-ring (bicyclic) bond motifs is 1. The van der Waals surface area contributed by atoms with Crippen LogP contribution in [-0.2, 0) is 0 Å². The van der Waals surface area contributed by atoms with Gasteiger partial charge in [0.25, 0.3) is 0 Å². The van der Waals surface area contributed by atoms with Crippen molar-refractivity contribution < 1.29 is 0 Å². The van der Waals surface area contributed by atoms with E-state index in [-0.39, 0.29) is 6.04 Å². The number of hydrogen-bond acceptors (Lipinski definition) is 2. The number of imidazole rings is 1. The van der Waals surface area contributed by atoms with Crippen LogP contribution in [0.5, 0.6) is 0 Å². The first kappa shape index (κ1) is 16.8. The number of pyridine rings is 1. The van der Waals surface area contributed by atoms with Gasteiger partial charge in [0.05, 0.1) is 22.5 Å². The van der Waals surface area contributed by atoms with Gasteiger partial charge in [-0.2, -0.15) is 0 Å². The Balaban J connectivity index is 1.75. The number of nitrogens with two attached hydrogens (primary N) is 1. The summed E-state index contributed by atoms with van der Waals surface area (Å²) in [6.07, 6.45) is 11.1. The number of halogens is 1. The van der Waals surface area contributed by atoms with Gasteiger partial charge in [-0.15, -0.1) is 0 Å². The third kappa shape index (κ3) is 3.56. The predicted molar refractivity (Wildman–Crippen MR) is 96.8 cm³/mol. The molecule has 4 heteroatoms. The molecule has 1 aliphatic carbocycles. The van der Waals surface area contributed by atoms with Crippen molar-refractivity contribution >= 4 is 17.2 Å². The summed E-state index contributed by atoms with van der Waals surface area (Å²) in [4.78, 5) is 4.65. The second kappa shape index (κ2) is 7.23. The van der Waals surface area contributed by atoms with Crippen LogP contribution in [0.25, 0.3) is 5.65 Å². The number of hydrogen-bond donors (Lipinski definition) is 1. The van der Waals surface area contributed by atoms with Gasteiger partial charge in [0.2, 0.25) is 0 Å². The lowest BCUT2D eigenvalue weighted by Crippen LogP contribution is -2.27. The highest BCUT2D eigenvalue weighted by atomic mass is 35.5. The van der Waals surface area contributed by atoms with Gasteiger partial charge in [-0.3, -0.25) is 0 Å². The molecular formula is C19H28ClN3. The van der Waals surface area contributed by atoms with Crippen molar-refractivity contribution in [3.63, 3.8) is 0 Å². The number of aromatic nitrogens is 2. The van der Waals surface area contributed by atoms with Crippen molar-refractivity contribution in [2.24, 2.45) is 17.6 Å². The average Bonchev–Trinajstić information content (AvgIpc) is 2.88. The molecule has 1 unspecified atom stereocenters. The molecule has 3 rings (SSSR count). The SMILES string of the molecule is CCCCC1CCC(C(N)c2c(C)nc3ccc(Cl)cn23)CC1. The first-order valence-corrected chi connectivity index (χ1v) is 9.37. The van der Waals surface area contributed by atoms with Crippen LogP contribution in [0, 0.1) is 18.8 Å². The molecule has 2 aromatic heterocycles. The lowest BCUT2D eigenvalue weighted by atomic mass is 9.76. The number of aryl methyl sites for hydroxylation is 1. The Morgan fingerprint density at radius 1 is 1.30 bits per heavy atom. The zero-order valence-corrected chi connectivity index (χ0v) is 15.0. The van der Waals surface area contributed by atoms with Crippen molar-refractivity contribution in [3.8, 4) is 0 Å². The fraction of sp³-hybridized carbons (Fsp3) is 0.632. The second-order valence-electron chi connectivity index (χ2n) is 7.11. The number of rotatable bonds is 5. The van der Waals surface area contributed by atoms with Crippen molar-refractivity contribution in [1.29, 1.82) is 0 Å². The van der Waals surface area contributed by atoms with Crippen LogP contribution in [0.3, 0.4) is 0 Å². The minimum absolute atomic E-state index is 0.0515. The average molecular weight is 334 g/mol. The van der Waals surface area contributed by atoms with E-state index in [0.717, 1.165) is 28.0 Å². The van der Waals surface area contributed by atoms with E-state index in [2.05, 4.69) is 23.2 Å². The van der Waals surface area contributed by atoms with Gasteiger partial charge in [0.15, 0.2) is 0 Å². The van der Waals surface area contributed by atoms with E-state index >= 15 is 0 Å². The van der Waals surface area contributed by atoms with Crippen molar-refractivity contribution in [2.45, 2.75) is 64.8 Å². The maximum Gasteiger partial charge on any atom is 0.137 e. The molecule has 0 saturated heterocycles. The fourth-order valence-corrected chi connectivity index (χ4v) is 4.27. The molecule has 2 heterocycles. The lowest BCUT2D eigenvalue weighted by molar-refractivity contribution is 0.230. The molecule has 0 bridgehead atoms. The molecule has 0 amide bonds. The molecule has 2 aromatic rings. The molecule has 1 aliphatic rings. The minimum Gasteiger partial charge on any atom is -0.322 e. The molecular weight excluding hydrogens is 306 g/mol. The smallest absolute Gasteiger partial charge is 0.137 e. The highest BCUT2D eigenvalue weighted by Gasteiger charge is 2.29. The third-order valence-corrected chi connectivity index (χ3v) is 5.71. The summed E-state index contributed by atoms with van der Waals surface area (Å²) in [6.45, 7) is 4.34. The van der Waals surface area contributed by atoms with Crippen molar-refractivity contribution in [1.82, 2.24) is 9.38 Å². The van der Waals surface area contributed by atoms with Crippen LogP contribution in [0.15, 0.2) is 18.3 Å². The summed E-state index contributed by atoms with van der Waals surface area (Å²) < 4.78 is 2.09. The molecule has 2 N–H and O–H groups in total. The van der Waals surface area contributed by atoms with E-state index < -0.39 is 0 Å². The molecule has 0 radical (unpaired) electrons. The van der Waals surface area contributed by atoms with Gasteiger partial charge in [-0.1, -0.05) is 50.6 Å². The monoisotopic (exact) mass is 333 g/mol. The molecule has 0 aromatic carbocycles. The van der Waals surface area contributed by atoms with E-state index in [1.54, 1.807) is 0 Å². The van der Waals surface area contributed by atoms with Gasteiger partial charge < -0.3 is 10.1 Å². The van der Waals surface area contributed by atoms with Gasteiger partial charge in [-0.05, 0) is 43.7 Å². The van der Waals surface area contributed by atoms with Crippen LogP contribution in [0.2, 0.25) is 5.02 Å². The maximum absolute atomic E-state index is 6.67. The molecule has 3 nitrogen and oxygen atoms in total. The van der Waals surface area contributed by atoms with E-state index in [9.17, 15) is 0 Å². The molecule has 1 atom stereocenters. The summed E-state index contributed by atoms with van der Waals surface area (Å²) in [6, 6.07) is 3.90. The van der Waals surface area contributed by atoms with Crippen molar-refractivity contribution in [2.75, 3.05) is 0 Å². The summed E-state index contributed by atoms with van der Waals surface area (Å²) in [5.74, 6) is 1.47. The third-order valence-electron chi connectivity index (χ3n) is 5.48. The standard InChI is InChI=1S/C19H28ClN3/c1-3-4-5-14-6-8-15(9-7-14)18(21)19-13(2)22-17-11-10-16(20)12-23(17)19/h10-12,14-15,18H,3-9,21H2,1-2H3. The van der Waals surface area contributed by atoms with E-state index in [0.29, 0.717) is 5.92 Å². The Hall–Kier alpha value is -1.06. The number of nitrogens with zero attached hydrogens (tertiary/aromatic N) is 2. The Bertz CT molecular complexity index is 656. The largest absolute Gasteiger partial charge is 0.322 e. The minimum atomic E-state index is 0.0515. The topological polar surface area (TPSA) is 43.3 Å². The zero-order valence-electron chi connectivity index (χ0n) is 14.3. The number of unbranched alkanes of at least 4 members (excludes halogenated alkanes) is 1. The zero-order chi connectivity index (χ0) is 16.4. The van der Waals surface area contributed by atoms with Gasteiger partial charge in [-0.25, -0.2) is 4.98 Å². The summed E-state index contributed by atoms with van der Waals surface area (Å²) in [5.41, 5.74) is 9.79. The molecule has 1 fully saturated rings. The lowest BCUT2D eigenvalue weighted by Gasteiger charge is -2.32. The molecule has 23 heavy (non-hydrogen) atoms. The molecule has 0 aliphatic heterocycles. The second-order valence-corrected chi connectivity index (χ2v) is 7.54. The quantitative estimate of drug-likeness (QED) is 0.807. The first-order valence-electron chi connectivity index (χ1n) is 8.99. The van der Waals surface area contributed by atoms with E-state index in [1.165, 1.54) is 44.9 Å². The van der Waals surface area contributed by atoms with Crippen molar-refractivity contribution in [3.05, 3.63) is 34.7 Å². The summed E-state index contributed by atoms with van der Waals surface area (Å²) >= 11 is 6.17. The predicted octanol–water partition coefficient (Wildman–Crippen LogP) is 5.29. The van der Waals surface area contributed by atoms with Gasteiger partial charge in [0, 0.05) is 6.20 Å². The molecule has 0 spiro atoms. The highest BCUT2D eigenvalue weighted by Crippen LogP contribution is 2.38. The van der Waals surface area contributed by atoms with E-state index in [1.807, 2.05) is 18.3 Å². The van der Waals surface area contributed by atoms with Crippen LogP contribution in [0.4, 0.5) is 0 Å². The normalized spacial score (nSPS) is 23.3. The van der Waals surface area contributed by atoms with Gasteiger partial charge >= 0.3 is 0 Å². The highest BCUT2D eigenvalue weighted by molar-refractivity contribution is 6.30. The van der Waals surface area contributed by atoms with Crippen LogP contribution in [-0.4, -0.2) is 9.38 Å². The van der Waals surface area contributed by atoms with E-state index in [4.69, 9.17) is 17.3 Å². The Morgan fingerprint density at radius 2 is 2.04 bits per heavy atom. The van der Waals surface area contributed by atoms with Crippen LogP contribution >= 0.6 is 11.6 Å². The molecule has 1 saturated carbocycles. The first-order chi connectivity index (χ1) is 11.1. The summed E-state index contributed by atoms with van der Waals surface area (Å²) in [7, 11) is 0. The van der Waals surface area contributed by atoms with Crippen LogP contribution in [0.1, 0.15) is 69.3 Å². The fourth-order valence-electron chi connectivity index (χ4n) is 4.11. The summed E-state index contributed by atoms with van der Waals surface area (Å²) in [5, 5.41) is 0.728. The maximum atomic E-state index is 6.67. The van der Waals surface area contributed by atoms with Crippen LogP contribution < -0.4 is 5.73 Å². The Labute approximate surface area is 144 Å².